The molecule has 0 aliphatic carbocycles. The molecule has 0 saturated heterocycles. The molecule has 5 heteroatoms. The number of anilines is 2. The van der Waals surface area contributed by atoms with Gasteiger partial charge in [0.1, 0.15) is 0 Å². The van der Waals surface area contributed by atoms with E-state index < -0.39 is 0 Å². The number of aromatic nitrogens is 1. The molecule has 0 unspecified atom stereocenters. The predicted octanol–water partition coefficient (Wildman–Crippen LogP) is 3.26. The number of nitrogens with one attached hydrogen (secondary N) is 1. The minimum Gasteiger partial charge on any atom is -0.378 e. The number of benzene rings is 2. The van der Waals surface area contributed by atoms with Crippen LogP contribution in [0.3, 0.4) is 0 Å². The van der Waals surface area contributed by atoms with E-state index in [1.165, 1.54) is 0 Å². The van der Waals surface area contributed by atoms with Crippen LogP contribution in [0.15, 0.2) is 53.3 Å². The third-order valence-corrected chi connectivity index (χ3v) is 4.83. The first-order valence-electron chi connectivity index (χ1n) is 9.16. The van der Waals surface area contributed by atoms with Gasteiger partial charge in [0.05, 0.1) is 0 Å². The molecule has 0 amide bonds. The van der Waals surface area contributed by atoms with Crippen molar-refractivity contribution < 1.29 is 0 Å². The Kier molecular flexibility index (Phi) is 5.51. The Hall–Kier alpha value is -2.79. The third-order valence-electron chi connectivity index (χ3n) is 4.83. The summed E-state index contributed by atoms with van der Waals surface area (Å²) in [6.45, 7) is 1.93. The molecule has 0 atom stereocenters. The molecule has 0 fully saturated rings. The Labute approximate surface area is 160 Å². The lowest BCUT2D eigenvalue weighted by molar-refractivity contribution is 0.416. The second-order valence-corrected chi connectivity index (χ2v) is 7.45. The van der Waals surface area contributed by atoms with E-state index in [0.717, 1.165) is 41.1 Å². The van der Waals surface area contributed by atoms with Crippen LogP contribution in [-0.4, -0.2) is 58.2 Å². The van der Waals surface area contributed by atoms with Gasteiger partial charge < -0.3 is 19.7 Å². The molecule has 0 radical (unpaired) electrons. The van der Waals surface area contributed by atoms with Crippen LogP contribution in [0.5, 0.6) is 0 Å². The molecule has 0 saturated carbocycles. The molecule has 3 rings (SSSR count). The van der Waals surface area contributed by atoms with Crippen LogP contribution < -0.4 is 15.4 Å². The first-order valence-corrected chi connectivity index (χ1v) is 9.16. The molecule has 0 aliphatic heterocycles. The van der Waals surface area contributed by atoms with Gasteiger partial charge in [0, 0.05) is 62.3 Å². The Morgan fingerprint density at radius 2 is 1.63 bits per heavy atom. The van der Waals surface area contributed by atoms with Crippen LogP contribution in [0, 0.1) is 0 Å². The SMILES string of the molecule is CN(C)CCN(C)c1cccc(-c2cc3ccc(N(C)C)cc3c(=O)[nH]2)c1. The monoisotopic (exact) mass is 364 g/mol. The zero-order valence-corrected chi connectivity index (χ0v) is 16.8. The third kappa shape index (κ3) is 4.31. The van der Waals surface area contributed by atoms with Crippen molar-refractivity contribution in [2.75, 3.05) is 58.1 Å². The van der Waals surface area contributed by atoms with E-state index >= 15 is 0 Å². The summed E-state index contributed by atoms with van der Waals surface area (Å²) >= 11 is 0. The van der Waals surface area contributed by atoms with E-state index in [1.54, 1.807) is 0 Å². The molecule has 3 aromatic rings. The normalized spacial score (nSPS) is 11.2. The van der Waals surface area contributed by atoms with Crippen molar-refractivity contribution in [3.63, 3.8) is 0 Å². The lowest BCUT2D eigenvalue weighted by atomic mass is 10.1. The number of rotatable bonds is 6. The van der Waals surface area contributed by atoms with Crippen molar-refractivity contribution in [2.24, 2.45) is 0 Å². The fraction of sp³-hybridized carbons (Fsp3) is 0.318. The summed E-state index contributed by atoms with van der Waals surface area (Å²) in [7, 11) is 10.2. The Morgan fingerprint density at radius 1 is 0.852 bits per heavy atom. The topological polar surface area (TPSA) is 42.6 Å². The summed E-state index contributed by atoms with van der Waals surface area (Å²) in [4.78, 5) is 22.1. The van der Waals surface area contributed by atoms with E-state index in [2.05, 4.69) is 54.1 Å². The number of likely N-dealkylation sites (N-methyl/N-ethyl adjacent to an activating group) is 2. The molecule has 0 spiro atoms. The van der Waals surface area contributed by atoms with Crippen LogP contribution >= 0.6 is 0 Å². The number of H-pyrrole nitrogens is 1. The fourth-order valence-electron chi connectivity index (χ4n) is 3.07. The smallest absolute Gasteiger partial charge is 0.256 e. The summed E-state index contributed by atoms with van der Waals surface area (Å²) in [5, 5.41) is 1.66. The molecule has 0 aliphatic rings. The fourth-order valence-corrected chi connectivity index (χ4v) is 3.07. The maximum Gasteiger partial charge on any atom is 0.256 e. The quantitative estimate of drug-likeness (QED) is 0.729. The summed E-state index contributed by atoms with van der Waals surface area (Å²) in [6, 6.07) is 16.3. The van der Waals surface area contributed by atoms with Gasteiger partial charge in [-0.2, -0.15) is 0 Å². The number of hydrogen-bond donors (Lipinski definition) is 1. The van der Waals surface area contributed by atoms with Gasteiger partial charge in [-0.1, -0.05) is 18.2 Å². The van der Waals surface area contributed by atoms with Gasteiger partial charge in [-0.15, -0.1) is 0 Å². The van der Waals surface area contributed by atoms with Crippen molar-refractivity contribution in [1.82, 2.24) is 9.88 Å². The Balaban J connectivity index is 1.97. The Morgan fingerprint density at radius 3 is 2.33 bits per heavy atom. The van der Waals surface area contributed by atoms with Gasteiger partial charge in [-0.25, -0.2) is 0 Å². The second kappa shape index (κ2) is 7.84. The van der Waals surface area contributed by atoms with Gasteiger partial charge in [-0.05, 0) is 49.8 Å². The van der Waals surface area contributed by atoms with Crippen molar-refractivity contribution in [3.8, 4) is 11.3 Å². The number of hydrogen-bond acceptors (Lipinski definition) is 4. The van der Waals surface area contributed by atoms with Gasteiger partial charge in [0.15, 0.2) is 0 Å². The Bertz CT molecular complexity index is 991. The van der Waals surface area contributed by atoms with Crippen molar-refractivity contribution >= 4 is 22.1 Å². The molecular formula is C22H28N4O. The first-order chi connectivity index (χ1) is 12.8. The minimum atomic E-state index is -0.0578. The highest BCUT2D eigenvalue weighted by Gasteiger charge is 2.08. The molecular weight excluding hydrogens is 336 g/mol. The molecule has 0 bridgehead atoms. The summed E-state index contributed by atoms with van der Waals surface area (Å²) in [6.07, 6.45) is 0. The summed E-state index contributed by atoms with van der Waals surface area (Å²) in [5.74, 6) is 0. The van der Waals surface area contributed by atoms with Crippen molar-refractivity contribution in [1.29, 1.82) is 0 Å². The molecule has 2 aromatic carbocycles. The average molecular weight is 364 g/mol. The number of aromatic amines is 1. The molecule has 1 heterocycles. The molecule has 142 valence electrons. The van der Waals surface area contributed by atoms with Gasteiger partial charge in [0.2, 0.25) is 0 Å². The van der Waals surface area contributed by atoms with Crippen LogP contribution in [0.1, 0.15) is 0 Å². The predicted molar refractivity (Wildman–Crippen MR) is 116 cm³/mol. The van der Waals surface area contributed by atoms with Crippen LogP contribution in [0.2, 0.25) is 0 Å². The first kappa shape index (κ1) is 19.0. The van der Waals surface area contributed by atoms with Gasteiger partial charge in [0.25, 0.3) is 5.56 Å². The zero-order chi connectivity index (χ0) is 19.6. The highest BCUT2D eigenvalue weighted by atomic mass is 16.1. The maximum atomic E-state index is 12.7. The second-order valence-electron chi connectivity index (χ2n) is 7.45. The van der Waals surface area contributed by atoms with Crippen LogP contribution in [-0.2, 0) is 0 Å². The lowest BCUT2D eigenvalue weighted by Gasteiger charge is -2.22. The van der Waals surface area contributed by atoms with E-state index in [4.69, 9.17) is 0 Å². The molecule has 5 nitrogen and oxygen atoms in total. The van der Waals surface area contributed by atoms with Crippen LogP contribution in [0.25, 0.3) is 22.0 Å². The van der Waals surface area contributed by atoms with E-state index in [0.29, 0.717) is 5.39 Å². The van der Waals surface area contributed by atoms with Gasteiger partial charge in [-0.3, -0.25) is 4.79 Å². The van der Waals surface area contributed by atoms with Gasteiger partial charge >= 0.3 is 0 Å². The lowest BCUT2D eigenvalue weighted by Crippen LogP contribution is -2.28. The van der Waals surface area contributed by atoms with E-state index in [1.807, 2.05) is 49.3 Å². The van der Waals surface area contributed by atoms with Crippen molar-refractivity contribution in [3.05, 3.63) is 58.9 Å². The van der Waals surface area contributed by atoms with E-state index in [-0.39, 0.29) is 5.56 Å². The largest absolute Gasteiger partial charge is 0.378 e. The molecule has 27 heavy (non-hydrogen) atoms. The zero-order valence-electron chi connectivity index (χ0n) is 16.8. The standard InChI is InChI=1S/C22H28N4O/c1-24(2)11-12-26(5)19-8-6-7-17(13-19)21-14-16-9-10-18(25(3)4)15-20(16)22(27)23-21/h6-10,13-15H,11-12H2,1-5H3,(H,23,27). The average Bonchev–Trinajstić information content (AvgIpc) is 2.65. The minimum absolute atomic E-state index is 0.0578. The number of pyridine rings is 1. The van der Waals surface area contributed by atoms with Crippen molar-refractivity contribution in [2.45, 2.75) is 0 Å². The van der Waals surface area contributed by atoms with E-state index in [9.17, 15) is 4.79 Å². The van der Waals surface area contributed by atoms with Crippen LogP contribution in [0.4, 0.5) is 11.4 Å². The summed E-state index contributed by atoms with van der Waals surface area (Å²) < 4.78 is 0. The highest BCUT2D eigenvalue weighted by molar-refractivity contribution is 5.88. The number of nitrogens with zero attached hydrogens (tertiary/aromatic N) is 3. The highest BCUT2D eigenvalue weighted by Crippen LogP contribution is 2.25. The number of fused-ring (bicyclic) bond motifs is 1. The molecule has 1 aromatic heterocycles. The molecule has 1 N–H and O–H groups in total. The summed E-state index contributed by atoms with van der Waals surface area (Å²) in [5.41, 5.74) is 3.95. The maximum absolute atomic E-state index is 12.7.